The summed E-state index contributed by atoms with van der Waals surface area (Å²) in [5, 5.41) is 0. The highest BCUT2D eigenvalue weighted by molar-refractivity contribution is 5.69. The van der Waals surface area contributed by atoms with Crippen LogP contribution in [0.1, 0.15) is 102 Å². The van der Waals surface area contributed by atoms with E-state index >= 15 is 0 Å². The Hall–Kier alpha value is -1.79. The Morgan fingerprint density at radius 3 is 0.902 bits per heavy atom. The van der Waals surface area contributed by atoms with Gasteiger partial charge in [-0.2, -0.15) is 0 Å². The van der Waals surface area contributed by atoms with Gasteiger partial charge in [0.25, 0.3) is 0 Å². The summed E-state index contributed by atoms with van der Waals surface area (Å²) in [4.78, 5) is 11.9. The van der Waals surface area contributed by atoms with Crippen LogP contribution in [-0.4, -0.2) is 165 Å². The average Bonchev–Trinajstić information content (AvgIpc) is 3.28. The molecule has 0 aromatic heterocycles. The molecule has 0 saturated carbocycles. The lowest BCUT2D eigenvalue weighted by Gasteiger charge is -2.09. The fourth-order valence-electron chi connectivity index (χ4n) is 5.76. The third-order valence-corrected chi connectivity index (χ3v) is 9.18. The highest BCUT2D eigenvalue weighted by Gasteiger charge is 2.03. The Morgan fingerprint density at radius 2 is 0.590 bits per heavy atom. The molecule has 0 unspecified atom stereocenters. The fourth-order valence-corrected chi connectivity index (χ4v) is 5.76. The molecule has 0 spiro atoms. The Labute approximate surface area is 369 Å². The first kappa shape index (κ1) is 57.2. The molecule has 0 saturated heterocycles. The van der Waals surface area contributed by atoms with E-state index in [2.05, 4.69) is 6.92 Å². The number of hydrogen-bond acceptors (Lipinski definition) is 14. The minimum atomic E-state index is -0.133. The predicted octanol–water partition coefficient (Wildman–Crippen LogP) is 7.41. The van der Waals surface area contributed by atoms with Crippen molar-refractivity contribution in [3.63, 3.8) is 0 Å². The minimum absolute atomic E-state index is 0.133. The van der Waals surface area contributed by atoms with Gasteiger partial charge in [-0.3, -0.25) is 4.79 Å². The normalized spacial score (nSPS) is 11.5. The Kier molecular flexibility index (Phi) is 47.7. The molecule has 14 nitrogen and oxygen atoms in total. The van der Waals surface area contributed by atoms with E-state index in [9.17, 15) is 4.79 Å². The molecule has 0 fully saturated rings. The molecular formula is C47H86O14. The van der Waals surface area contributed by atoms with Crippen LogP contribution in [0.15, 0.2) is 30.3 Å². The molecule has 0 bridgehead atoms. The van der Waals surface area contributed by atoms with Crippen molar-refractivity contribution < 1.29 is 66.4 Å². The third kappa shape index (κ3) is 47.5. The summed E-state index contributed by atoms with van der Waals surface area (Å²) in [5.74, 6) is -0.133. The number of benzene rings is 1. The molecule has 0 aliphatic heterocycles. The smallest absolute Gasteiger partial charge is 0.305 e. The molecule has 61 heavy (non-hydrogen) atoms. The molecular weight excluding hydrogens is 789 g/mol. The van der Waals surface area contributed by atoms with Crippen LogP contribution in [0.2, 0.25) is 0 Å². The van der Waals surface area contributed by atoms with Gasteiger partial charge in [-0.05, 0) is 12.0 Å². The first-order chi connectivity index (χ1) is 30.3. The van der Waals surface area contributed by atoms with Gasteiger partial charge in [-0.1, -0.05) is 114 Å². The van der Waals surface area contributed by atoms with Gasteiger partial charge in [-0.15, -0.1) is 0 Å². The molecule has 0 aliphatic carbocycles. The van der Waals surface area contributed by atoms with Crippen molar-refractivity contribution in [2.45, 2.75) is 103 Å². The van der Waals surface area contributed by atoms with Crippen molar-refractivity contribution in [3.8, 4) is 0 Å². The number of carbonyl (C=O) groups excluding carboxylic acids is 1. The van der Waals surface area contributed by atoms with Gasteiger partial charge in [0, 0.05) is 6.42 Å². The van der Waals surface area contributed by atoms with Gasteiger partial charge in [-0.25, -0.2) is 0 Å². The van der Waals surface area contributed by atoms with Gasteiger partial charge in [0.1, 0.15) is 6.61 Å². The third-order valence-electron chi connectivity index (χ3n) is 9.18. The van der Waals surface area contributed by atoms with E-state index < -0.39 is 0 Å². The Bertz CT molecular complexity index is 976. The zero-order chi connectivity index (χ0) is 43.5. The van der Waals surface area contributed by atoms with Crippen molar-refractivity contribution in [1.82, 2.24) is 0 Å². The molecule has 0 heterocycles. The zero-order valence-corrected chi connectivity index (χ0v) is 38.2. The molecule has 0 N–H and O–H groups in total. The second-order valence-corrected chi connectivity index (χ2v) is 14.5. The van der Waals surface area contributed by atoms with E-state index in [4.69, 9.17) is 61.6 Å². The number of esters is 1. The lowest BCUT2D eigenvalue weighted by Crippen LogP contribution is -2.15. The summed E-state index contributed by atoms with van der Waals surface area (Å²) >= 11 is 0. The van der Waals surface area contributed by atoms with E-state index in [-0.39, 0.29) is 12.6 Å². The highest BCUT2D eigenvalue weighted by atomic mass is 16.6. The summed E-state index contributed by atoms with van der Waals surface area (Å²) in [7, 11) is 0. The van der Waals surface area contributed by atoms with Crippen LogP contribution >= 0.6 is 0 Å². The number of hydrogen-bond donors (Lipinski definition) is 0. The van der Waals surface area contributed by atoms with E-state index in [0.29, 0.717) is 165 Å². The molecule has 0 radical (unpaired) electrons. The summed E-state index contributed by atoms with van der Waals surface area (Å²) < 4.78 is 71.4. The van der Waals surface area contributed by atoms with Crippen molar-refractivity contribution >= 4 is 5.97 Å². The maximum Gasteiger partial charge on any atom is 0.305 e. The van der Waals surface area contributed by atoms with Crippen LogP contribution in [0.25, 0.3) is 0 Å². The second kappa shape index (κ2) is 50.9. The van der Waals surface area contributed by atoms with Crippen LogP contribution in [0.4, 0.5) is 0 Å². The van der Waals surface area contributed by atoms with Gasteiger partial charge in [0.15, 0.2) is 0 Å². The zero-order valence-electron chi connectivity index (χ0n) is 38.2. The first-order valence-electron chi connectivity index (χ1n) is 23.5. The molecule has 358 valence electrons. The second-order valence-electron chi connectivity index (χ2n) is 14.5. The van der Waals surface area contributed by atoms with Gasteiger partial charge < -0.3 is 61.6 Å². The SMILES string of the molecule is CCCCCCCCCCCCCCCC(=O)OCCOCCOCCOCCOCCOCCOCCOCCOCCOCCOCCOCCOCc1ccccc1. The van der Waals surface area contributed by atoms with Crippen molar-refractivity contribution in [2.75, 3.05) is 159 Å². The fraction of sp³-hybridized carbons (Fsp3) is 0.851. The molecule has 0 aliphatic rings. The van der Waals surface area contributed by atoms with Crippen molar-refractivity contribution in [2.24, 2.45) is 0 Å². The van der Waals surface area contributed by atoms with Gasteiger partial charge >= 0.3 is 5.97 Å². The summed E-state index contributed by atoms with van der Waals surface area (Å²) in [6.45, 7) is 14.6. The summed E-state index contributed by atoms with van der Waals surface area (Å²) in [5.41, 5.74) is 1.16. The number of carbonyl (C=O) groups is 1. The van der Waals surface area contributed by atoms with Crippen molar-refractivity contribution in [3.05, 3.63) is 35.9 Å². The topological polar surface area (TPSA) is 137 Å². The molecule has 1 rings (SSSR count). The quantitative estimate of drug-likeness (QED) is 0.0475. The molecule has 1 aromatic carbocycles. The molecule has 1 aromatic rings. The van der Waals surface area contributed by atoms with E-state index in [1.54, 1.807) is 0 Å². The van der Waals surface area contributed by atoms with E-state index in [0.717, 1.165) is 18.4 Å². The van der Waals surface area contributed by atoms with Crippen LogP contribution < -0.4 is 0 Å². The van der Waals surface area contributed by atoms with Crippen LogP contribution in [0.5, 0.6) is 0 Å². The van der Waals surface area contributed by atoms with Crippen LogP contribution in [-0.2, 0) is 73.0 Å². The maximum absolute atomic E-state index is 11.9. The van der Waals surface area contributed by atoms with E-state index in [1.165, 1.54) is 70.6 Å². The van der Waals surface area contributed by atoms with Gasteiger partial charge in [0.2, 0.25) is 0 Å². The molecule has 14 heteroatoms. The summed E-state index contributed by atoms with van der Waals surface area (Å²) in [6, 6.07) is 10.1. The number of rotatable bonds is 52. The van der Waals surface area contributed by atoms with Gasteiger partial charge in [0.05, 0.1) is 159 Å². The number of unbranched alkanes of at least 4 members (excludes halogenated alkanes) is 12. The Balaban J connectivity index is 1.62. The maximum atomic E-state index is 11.9. The average molecular weight is 875 g/mol. The molecule has 0 amide bonds. The van der Waals surface area contributed by atoms with E-state index in [1.807, 2.05) is 30.3 Å². The molecule has 0 atom stereocenters. The monoisotopic (exact) mass is 875 g/mol. The number of ether oxygens (including phenoxy) is 13. The first-order valence-corrected chi connectivity index (χ1v) is 23.5. The standard InChI is InChI=1S/C47H86O14/c1-2-3-4-5-6-7-8-9-10-11-12-13-17-20-47(48)61-44-43-59-40-39-57-36-35-55-32-31-53-28-27-51-24-23-49-21-22-50-25-26-52-29-30-54-33-34-56-37-38-58-41-42-60-45-46-18-15-14-16-19-46/h14-16,18-19H,2-13,17,20-45H2,1H3. The van der Waals surface area contributed by atoms with Crippen molar-refractivity contribution in [1.29, 1.82) is 0 Å². The lowest BCUT2D eigenvalue weighted by molar-refractivity contribution is -0.145. The predicted molar refractivity (Wildman–Crippen MR) is 236 cm³/mol. The highest BCUT2D eigenvalue weighted by Crippen LogP contribution is 2.13. The van der Waals surface area contributed by atoms with Crippen LogP contribution in [0.3, 0.4) is 0 Å². The Morgan fingerprint density at radius 1 is 0.328 bits per heavy atom. The minimum Gasteiger partial charge on any atom is -0.463 e. The lowest BCUT2D eigenvalue weighted by atomic mass is 10.0. The van der Waals surface area contributed by atoms with Crippen LogP contribution in [0, 0.1) is 0 Å². The summed E-state index contributed by atoms with van der Waals surface area (Å²) in [6.07, 6.45) is 17.3. The largest absolute Gasteiger partial charge is 0.463 e.